The lowest BCUT2D eigenvalue weighted by Crippen LogP contribution is -2.47. The number of esters is 1. The van der Waals surface area contributed by atoms with Gasteiger partial charge in [-0.25, -0.2) is 4.79 Å². The minimum Gasteiger partial charge on any atom is -0.454 e. The van der Waals surface area contributed by atoms with Gasteiger partial charge in [-0.3, -0.25) is 19.3 Å². The van der Waals surface area contributed by atoms with E-state index >= 15 is 0 Å². The lowest BCUT2D eigenvalue weighted by Gasteiger charge is -2.45. The number of hydrogen-bond acceptors (Lipinski definition) is 5. The summed E-state index contributed by atoms with van der Waals surface area (Å²) in [6.45, 7) is 3.34. The normalized spacial score (nSPS) is 22.3. The topological polar surface area (TPSA) is 92.8 Å². The van der Waals surface area contributed by atoms with Crippen LogP contribution < -0.4 is 5.32 Å². The van der Waals surface area contributed by atoms with Gasteiger partial charge in [-0.2, -0.15) is 0 Å². The molecular weight excluding hydrogens is 540 g/mol. The third-order valence-corrected chi connectivity index (χ3v) is 9.17. The molecule has 0 spiro atoms. The quantitative estimate of drug-likeness (QED) is 0.229. The number of ether oxygens (including phenoxy) is 1. The molecule has 1 saturated heterocycles. The molecule has 3 atom stereocenters. The fraction of sp³-hybridized carbons (Fsp3) is 0.278. The van der Waals surface area contributed by atoms with Crippen molar-refractivity contribution in [3.63, 3.8) is 0 Å². The van der Waals surface area contributed by atoms with Crippen LogP contribution in [-0.4, -0.2) is 41.2 Å². The number of fused-ring (bicyclic) bond motifs is 1. The van der Waals surface area contributed by atoms with Crippen molar-refractivity contribution >= 4 is 40.2 Å². The minimum absolute atomic E-state index is 0.00333. The first-order chi connectivity index (χ1) is 20.8. The van der Waals surface area contributed by atoms with Crippen LogP contribution in [0.4, 0.5) is 5.69 Å². The van der Waals surface area contributed by atoms with Gasteiger partial charge in [0.2, 0.25) is 11.8 Å². The number of carbonyl (C=O) groups is 4. The second-order valence-electron chi connectivity index (χ2n) is 12.1. The molecule has 1 fully saturated rings. The first-order valence-electron chi connectivity index (χ1n) is 14.8. The van der Waals surface area contributed by atoms with Crippen molar-refractivity contribution < 1.29 is 23.9 Å². The molecule has 3 amide bonds. The fourth-order valence-electron chi connectivity index (χ4n) is 7.51. The van der Waals surface area contributed by atoms with E-state index in [0.717, 1.165) is 37.9 Å². The highest BCUT2D eigenvalue weighted by molar-refractivity contribution is 6.10. The Morgan fingerprint density at radius 1 is 0.744 bits per heavy atom. The monoisotopic (exact) mass is 572 g/mol. The molecule has 4 aromatic rings. The zero-order chi connectivity index (χ0) is 29.8. The van der Waals surface area contributed by atoms with Crippen LogP contribution >= 0.6 is 0 Å². The van der Waals surface area contributed by atoms with Gasteiger partial charge in [0.15, 0.2) is 6.61 Å². The van der Waals surface area contributed by atoms with Crippen molar-refractivity contribution in [3.05, 3.63) is 113 Å². The molecule has 3 aliphatic carbocycles. The van der Waals surface area contributed by atoms with E-state index in [4.69, 9.17) is 4.74 Å². The Morgan fingerprint density at radius 2 is 1.26 bits per heavy atom. The average Bonchev–Trinajstić information content (AvgIpc) is 3.28. The van der Waals surface area contributed by atoms with Crippen LogP contribution in [-0.2, 0) is 23.9 Å². The molecule has 8 rings (SSSR count). The molecule has 4 aliphatic rings. The van der Waals surface area contributed by atoms with Crippen LogP contribution in [0.2, 0.25) is 0 Å². The smallest absolute Gasteiger partial charge is 0.329 e. The van der Waals surface area contributed by atoms with E-state index < -0.39 is 36.4 Å². The summed E-state index contributed by atoms with van der Waals surface area (Å²) in [6, 6.07) is 28.2. The van der Waals surface area contributed by atoms with E-state index in [1.165, 1.54) is 0 Å². The van der Waals surface area contributed by atoms with Crippen LogP contribution in [0.5, 0.6) is 0 Å². The first-order valence-corrected chi connectivity index (χ1v) is 14.8. The van der Waals surface area contributed by atoms with Crippen molar-refractivity contribution in [2.45, 2.75) is 38.1 Å². The molecule has 43 heavy (non-hydrogen) atoms. The van der Waals surface area contributed by atoms with E-state index in [1.807, 2.05) is 98.8 Å². The van der Waals surface area contributed by atoms with E-state index in [0.29, 0.717) is 5.69 Å². The predicted molar refractivity (Wildman–Crippen MR) is 162 cm³/mol. The number of hydrogen-bond donors (Lipinski definition) is 1. The van der Waals surface area contributed by atoms with Gasteiger partial charge < -0.3 is 10.1 Å². The maximum atomic E-state index is 14.2. The molecule has 1 aliphatic heterocycles. The largest absolute Gasteiger partial charge is 0.454 e. The van der Waals surface area contributed by atoms with E-state index in [1.54, 1.807) is 6.07 Å². The molecule has 216 valence electrons. The van der Waals surface area contributed by atoms with Crippen LogP contribution in [0, 0.1) is 17.8 Å². The Labute approximate surface area is 249 Å². The number of nitrogens with zero attached hydrogens (tertiary/aromatic N) is 1. The molecule has 0 unspecified atom stereocenters. The number of rotatable bonds is 7. The molecular formula is C36H32N2O5. The van der Waals surface area contributed by atoms with Gasteiger partial charge in [-0.15, -0.1) is 0 Å². The SMILES string of the molecule is CC(C)C[C@H](C(=O)OCC(=O)Nc1cccc2ccccc12)N1C(=O)[C@@H]2C3c4ccccc4C(c4ccccc43)[C@H]2C1=O. The Morgan fingerprint density at radius 3 is 1.81 bits per heavy atom. The predicted octanol–water partition coefficient (Wildman–Crippen LogP) is 5.63. The molecule has 0 radical (unpaired) electrons. The Balaban J connectivity index is 1.15. The van der Waals surface area contributed by atoms with Gasteiger partial charge in [0.1, 0.15) is 6.04 Å². The molecule has 0 aromatic heterocycles. The number of anilines is 1. The molecule has 1 heterocycles. The summed E-state index contributed by atoms with van der Waals surface area (Å²) >= 11 is 0. The summed E-state index contributed by atoms with van der Waals surface area (Å²) in [5.41, 5.74) is 4.90. The van der Waals surface area contributed by atoms with E-state index in [2.05, 4.69) is 5.32 Å². The van der Waals surface area contributed by atoms with E-state index in [-0.39, 0.29) is 36.0 Å². The Hall–Kier alpha value is -4.78. The maximum absolute atomic E-state index is 14.2. The van der Waals surface area contributed by atoms with E-state index in [9.17, 15) is 19.2 Å². The second kappa shape index (κ2) is 10.5. The molecule has 0 saturated carbocycles. The summed E-state index contributed by atoms with van der Waals surface area (Å²) in [6.07, 6.45) is 0.246. The summed E-state index contributed by atoms with van der Waals surface area (Å²) in [5, 5.41) is 4.67. The standard InChI is InChI=1S/C36H32N2O5/c1-20(2)18-28(36(42)43-19-29(39)37-27-17-9-11-21-10-3-4-12-22(21)27)38-34(40)32-30-23-13-5-6-14-24(23)31(33(32)35(38)41)26-16-8-7-15-25(26)30/h3-17,20,28,30-33H,18-19H2,1-2H3,(H,37,39)/t28-,30?,31?,32-,33-/m1/s1. The molecule has 7 heteroatoms. The number of benzene rings is 4. The zero-order valence-corrected chi connectivity index (χ0v) is 24.0. The van der Waals surface area contributed by atoms with Crippen molar-refractivity contribution in [1.82, 2.24) is 4.90 Å². The third kappa shape index (κ3) is 4.33. The molecule has 2 bridgehead atoms. The molecule has 1 N–H and O–H groups in total. The van der Waals surface area contributed by atoms with Crippen LogP contribution in [0.3, 0.4) is 0 Å². The lowest BCUT2D eigenvalue weighted by atomic mass is 9.55. The average molecular weight is 573 g/mol. The molecule has 4 aromatic carbocycles. The summed E-state index contributed by atoms with van der Waals surface area (Å²) in [5.74, 6) is -3.60. The number of imide groups is 1. The number of likely N-dealkylation sites (tertiary alicyclic amines) is 1. The maximum Gasteiger partial charge on any atom is 0.329 e. The Kier molecular flexibility index (Phi) is 6.61. The summed E-state index contributed by atoms with van der Waals surface area (Å²) < 4.78 is 5.51. The lowest BCUT2D eigenvalue weighted by molar-refractivity contribution is -0.160. The van der Waals surface area contributed by atoms with Gasteiger partial charge in [0, 0.05) is 22.9 Å². The minimum atomic E-state index is -1.11. The van der Waals surface area contributed by atoms with Crippen LogP contribution in [0.15, 0.2) is 91.0 Å². The number of nitrogens with one attached hydrogen (secondary N) is 1. The Bertz CT molecular complexity index is 1670. The fourth-order valence-corrected chi connectivity index (χ4v) is 7.51. The van der Waals surface area contributed by atoms with Crippen LogP contribution in [0.1, 0.15) is 54.4 Å². The van der Waals surface area contributed by atoms with Gasteiger partial charge >= 0.3 is 5.97 Å². The highest BCUT2D eigenvalue weighted by Crippen LogP contribution is 2.61. The van der Waals surface area contributed by atoms with Gasteiger partial charge in [-0.05, 0) is 46.0 Å². The molecule has 7 nitrogen and oxygen atoms in total. The zero-order valence-electron chi connectivity index (χ0n) is 24.0. The first kappa shape index (κ1) is 27.1. The van der Waals surface area contributed by atoms with Crippen molar-refractivity contribution in [2.75, 3.05) is 11.9 Å². The summed E-state index contributed by atoms with van der Waals surface area (Å²) in [7, 11) is 0. The second-order valence-corrected chi connectivity index (χ2v) is 12.1. The number of carbonyl (C=O) groups excluding carboxylic acids is 4. The van der Waals surface area contributed by atoms with Crippen LogP contribution in [0.25, 0.3) is 10.8 Å². The summed E-state index contributed by atoms with van der Waals surface area (Å²) in [4.78, 5) is 56.1. The third-order valence-electron chi connectivity index (χ3n) is 9.17. The number of amides is 3. The van der Waals surface area contributed by atoms with Gasteiger partial charge in [0.25, 0.3) is 5.91 Å². The van der Waals surface area contributed by atoms with Gasteiger partial charge in [-0.1, -0.05) is 98.8 Å². The van der Waals surface area contributed by atoms with Crippen molar-refractivity contribution in [1.29, 1.82) is 0 Å². The van der Waals surface area contributed by atoms with Crippen molar-refractivity contribution in [2.24, 2.45) is 17.8 Å². The van der Waals surface area contributed by atoms with Gasteiger partial charge in [0.05, 0.1) is 11.8 Å². The van der Waals surface area contributed by atoms with Crippen molar-refractivity contribution in [3.8, 4) is 0 Å². The highest BCUT2D eigenvalue weighted by Gasteiger charge is 2.63. The highest BCUT2D eigenvalue weighted by atomic mass is 16.5.